The van der Waals surface area contributed by atoms with E-state index in [4.69, 9.17) is 0 Å². The summed E-state index contributed by atoms with van der Waals surface area (Å²) in [5, 5.41) is 0. The molecule has 0 bridgehead atoms. The van der Waals surface area contributed by atoms with Crippen LogP contribution in [0.5, 0.6) is 0 Å². The molecule has 1 aliphatic heterocycles. The molecule has 42 valence electrons. The molecule has 1 aliphatic rings. The van der Waals surface area contributed by atoms with E-state index in [9.17, 15) is 0 Å². The van der Waals surface area contributed by atoms with Gasteiger partial charge in [0.15, 0.2) is 0 Å². The van der Waals surface area contributed by atoms with Gasteiger partial charge in [0.2, 0.25) is 0 Å². The molecule has 1 fully saturated rings. The van der Waals surface area contributed by atoms with Crippen molar-refractivity contribution >= 4 is 15.0 Å². The molecule has 0 radical (unpaired) electrons. The van der Waals surface area contributed by atoms with Crippen molar-refractivity contribution in [1.29, 1.82) is 0 Å². The molecule has 0 unspecified atom stereocenters. The zero-order valence-corrected chi connectivity index (χ0v) is 6.69. The molecule has 0 aliphatic carbocycles. The summed E-state index contributed by atoms with van der Waals surface area (Å²) in [6, 6.07) is 0. The van der Waals surface area contributed by atoms with Gasteiger partial charge in [0, 0.05) is 0 Å². The molecule has 0 nitrogen and oxygen atoms in total. The van der Waals surface area contributed by atoms with Gasteiger partial charge in [-0.3, -0.25) is 0 Å². The first kappa shape index (κ1) is 5.65. The molecular weight excluding hydrogens is 151 g/mol. The van der Waals surface area contributed by atoms with Crippen molar-refractivity contribution in [3.05, 3.63) is 0 Å². The van der Waals surface area contributed by atoms with Crippen molar-refractivity contribution in [2.45, 2.75) is 36.3 Å². The summed E-state index contributed by atoms with van der Waals surface area (Å²) in [4.78, 5) is 2.17. The van der Waals surface area contributed by atoms with Crippen LogP contribution in [0.3, 0.4) is 0 Å². The van der Waals surface area contributed by atoms with Gasteiger partial charge in [-0.2, -0.15) is 0 Å². The van der Waals surface area contributed by atoms with E-state index in [1.54, 1.807) is 0 Å². The second kappa shape index (κ2) is 2.19. The van der Waals surface area contributed by atoms with E-state index in [1.807, 2.05) is 0 Å². The van der Waals surface area contributed by atoms with Gasteiger partial charge in [-0.05, 0) is 0 Å². The van der Waals surface area contributed by atoms with Crippen LogP contribution in [0, 0.1) is 0 Å². The van der Waals surface area contributed by atoms with Crippen LogP contribution in [-0.4, -0.2) is 15.0 Å². The van der Waals surface area contributed by atoms with Crippen LogP contribution in [0.4, 0.5) is 0 Å². The van der Waals surface area contributed by atoms with E-state index < -0.39 is 0 Å². The van der Waals surface area contributed by atoms with Crippen LogP contribution in [0.15, 0.2) is 0 Å². The van der Waals surface area contributed by atoms with Crippen LogP contribution in [0.1, 0.15) is 26.7 Å². The van der Waals surface area contributed by atoms with Gasteiger partial charge in [-0.25, -0.2) is 0 Å². The molecule has 7 heavy (non-hydrogen) atoms. The second-order valence-electron chi connectivity index (χ2n) is 2.33. The molecule has 0 amide bonds. The summed E-state index contributed by atoms with van der Waals surface area (Å²) in [6.07, 6.45) is 3.00. The topological polar surface area (TPSA) is 0 Å². The molecule has 1 rings (SSSR count). The van der Waals surface area contributed by atoms with E-state index in [2.05, 4.69) is 13.8 Å². The Labute approximate surface area is 51.8 Å². The third-order valence-electron chi connectivity index (χ3n) is 1.44. The van der Waals surface area contributed by atoms with E-state index in [0.717, 1.165) is 24.6 Å². The summed E-state index contributed by atoms with van der Waals surface area (Å²) in [5.41, 5.74) is 0. The molecule has 0 aromatic heterocycles. The van der Waals surface area contributed by atoms with Gasteiger partial charge < -0.3 is 0 Å². The molecular formula is C6H12Se. The molecule has 0 aromatic rings. The Hall–Kier alpha value is 0.519. The fourth-order valence-electron chi connectivity index (χ4n) is 1.00. The molecule has 1 heterocycles. The van der Waals surface area contributed by atoms with Gasteiger partial charge in [0.25, 0.3) is 0 Å². The SMILES string of the molecule is C[C@@H]1CC[C@@H](C)[Se]1. The number of hydrogen-bond acceptors (Lipinski definition) is 0. The van der Waals surface area contributed by atoms with Crippen molar-refractivity contribution in [2.24, 2.45) is 0 Å². The Morgan fingerprint density at radius 2 is 1.57 bits per heavy atom. The van der Waals surface area contributed by atoms with Crippen molar-refractivity contribution in [2.75, 3.05) is 0 Å². The summed E-state index contributed by atoms with van der Waals surface area (Å²) in [6.45, 7) is 4.76. The van der Waals surface area contributed by atoms with Gasteiger partial charge >= 0.3 is 51.3 Å². The Morgan fingerprint density at radius 3 is 1.71 bits per heavy atom. The van der Waals surface area contributed by atoms with E-state index in [0.29, 0.717) is 0 Å². The van der Waals surface area contributed by atoms with Crippen LogP contribution in [0.25, 0.3) is 0 Å². The number of rotatable bonds is 0. The van der Waals surface area contributed by atoms with Gasteiger partial charge in [-0.1, -0.05) is 0 Å². The Kier molecular flexibility index (Phi) is 1.77. The first-order valence-electron chi connectivity index (χ1n) is 2.94. The van der Waals surface area contributed by atoms with Crippen molar-refractivity contribution in [3.8, 4) is 0 Å². The van der Waals surface area contributed by atoms with Crippen molar-refractivity contribution < 1.29 is 0 Å². The molecule has 0 aromatic carbocycles. The van der Waals surface area contributed by atoms with Crippen molar-refractivity contribution in [3.63, 3.8) is 0 Å². The normalized spacial score (nSPS) is 42.0. The summed E-state index contributed by atoms with van der Waals surface area (Å²) < 4.78 is 0. The minimum absolute atomic E-state index is 0.986. The van der Waals surface area contributed by atoms with Crippen LogP contribution in [0.2, 0.25) is 9.63 Å². The average Bonchev–Trinajstić information content (AvgIpc) is 1.87. The zero-order valence-electron chi connectivity index (χ0n) is 4.98. The van der Waals surface area contributed by atoms with E-state index in [-0.39, 0.29) is 0 Å². The first-order valence-corrected chi connectivity index (χ1v) is 4.92. The standard InChI is InChI=1S/C6H12Se/c1-5-3-4-6(2)7-5/h5-6H,3-4H2,1-2H3/t5-,6-/m1/s1. The monoisotopic (exact) mass is 164 g/mol. The Morgan fingerprint density at radius 1 is 1.14 bits per heavy atom. The summed E-state index contributed by atoms with van der Waals surface area (Å²) in [7, 11) is 0. The molecule has 0 saturated carbocycles. The maximum atomic E-state index is 2.38. The zero-order chi connectivity index (χ0) is 5.28. The Balaban J connectivity index is 2.26. The maximum absolute atomic E-state index is 2.38. The molecule has 0 spiro atoms. The average molecular weight is 163 g/mol. The molecule has 2 atom stereocenters. The van der Waals surface area contributed by atoms with Crippen LogP contribution in [-0.2, 0) is 0 Å². The summed E-state index contributed by atoms with van der Waals surface area (Å²) >= 11 is 0.986. The van der Waals surface area contributed by atoms with E-state index in [1.165, 1.54) is 12.8 Å². The minimum atomic E-state index is 0.986. The molecule has 0 N–H and O–H groups in total. The third kappa shape index (κ3) is 1.47. The number of hydrogen-bond donors (Lipinski definition) is 0. The van der Waals surface area contributed by atoms with Crippen molar-refractivity contribution in [1.82, 2.24) is 0 Å². The predicted octanol–water partition coefficient (Wildman–Crippen LogP) is 2.10. The third-order valence-corrected chi connectivity index (χ3v) is 4.38. The fourth-order valence-corrected chi connectivity index (χ4v) is 3.81. The fraction of sp³-hybridized carbons (Fsp3) is 1.00. The molecule has 1 heteroatoms. The Bertz CT molecular complexity index is 53.2. The molecule has 1 saturated heterocycles. The van der Waals surface area contributed by atoms with Crippen LogP contribution < -0.4 is 0 Å². The van der Waals surface area contributed by atoms with Gasteiger partial charge in [0.1, 0.15) is 0 Å². The van der Waals surface area contributed by atoms with Gasteiger partial charge in [0.05, 0.1) is 0 Å². The summed E-state index contributed by atoms with van der Waals surface area (Å²) in [5.74, 6) is 0. The first-order chi connectivity index (χ1) is 3.29. The van der Waals surface area contributed by atoms with E-state index >= 15 is 0 Å². The second-order valence-corrected chi connectivity index (χ2v) is 6.28. The quantitative estimate of drug-likeness (QED) is 0.480. The van der Waals surface area contributed by atoms with Crippen LogP contribution >= 0.6 is 0 Å². The van der Waals surface area contributed by atoms with Gasteiger partial charge in [-0.15, -0.1) is 0 Å². The predicted molar refractivity (Wildman–Crippen MR) is 33.8 cm³/mol.